The molecule has 0 spiro atoms. The second-order valence-electron chi connectivity index (χ2n) is 5.64. The summed E-state index contributed by atoms with van der Waals surface area (Å²) in [5.41, 5.74) is 1.58. The molecule has 0 aliphatic carbocycles. The van der Waals surface area contributed by atoms with Gasteiger partial charge in [-0.25, -0.2) is 8.42 Å². The van der Waals surface area contributed by atoms with E-state index < -0.39 is 10.0 Å². The lowest BCUT2D eigenvalue weighted by atomic mass is 10.2. The Hall–Kier alpha value is -1.44. The molecule has 6 nitrogen and oxygen atoms in total. The molecule has 1 aromatic rings. The molecule has 1 atom stereocenters. The zero-order chi connectivity index (χ0) is 15.2. The van der Waals surface area contributed by atoms with Gasteiger partial charge in [-0.3, -0.25) is 4.79 Å². The molecular weight excluding hydrogens is 290 g/mol. The Morgan fingerprint density at radius 3 is 2.81 bits per heavy atom. The number of carbonyl (C=O) groups excluding carboxylic acids is 1. The number of anilines is 1. The van der Waals surface area contributed by atoms with Gasteiger partial charge in [-0.2, -0.15) is 4.31 Å². The van der Waals surface area contributed by atoms with Crippen LogP contribution in [0.1, 0.15) is 12.5 Å². The normalized spacial score (nSPS) is 23.4. The van der Waals surface area contributed by atoms with Crippen molar-refractivity contribution in [1.29, 1.82) is 0 Å². The molecule has 0 saturated carbocycles. The maximum Gasteiger partial charge on any atom is 0.243 e. The van der Waals surface area contributed by atoms with Crippen molar-refractivity contribution in [2.45, 2.75) is 24.3 Å². The molecule has 1 aromatic carbocycles. The second-order valence-corrected chi connectivity index (χ2v) is 7.58. The average Bonchev–Trinajstić information content (AvgIpc) is 2.73. The summed E-state index contributed by atoms with van der Waals surface area (Å²) < 4.78 is 26.9. The number of carbonyl (C=O) groups is 1. The number of rotatable bonds is 2. The SMILES string of the molecule is C[C@@H]1CN(S(=O)(=O)c2ccc3c(c2)CC(=O)N3C)CCN1. The highest BCUT2D eigenvalue weighted by Gasteiger charge is 2.31. The van der Waals surface area contributed by atoms with Crippen molar-refractivity contribution in [3.63, 3.8) is 0 Å². The first-order valence-electron chi connectivity index (χ1n) is 7.02. The molecule has 0 unspecified atom stereocenters. The summed E-state index contributed by atoms with van der Waals surface area (Å²) in [4.78, 5) is 13.5. The lowest BCUT2D eigenvalue weighted by Gasteiger charge is -2.31. The van der Waals surface area contributed by atoms with Gasteiger partial charge in [0, 0.05) is 38.4 Å². The first-order chi connectivity index (χ1) is 9.89. The number of sulfonamides is 1. The molecule has 114 valence electrons. The van der Waals surface area contributed by atoms with Crippen molar-refractivity contribution >= 4 is 21.6 Å². The predicted octanol–water partition coefficient (Wildman–Crippen LogP) is 0.188. The third-order valence-electron chi connectivity index (χ3n) is 4.10. The van der Waals surface area contributed by atoms with E-state index in [-0.39, 0.29) is 23.3 Å². The van der Waals surface area contributed by atoms with Crippen molar-refractivity contribution in [3.05, 3.63) is 23.8 Å². The van der Waals surface area contributed by atoms with Crippen LogP contribution in [0.25, 0.3) is 0 Å². The number of fused-ring (bicyclic) bond motifs is 1. The molecule has 0 radical (unpaired) electrons. The summed E-state index contributed by atoms with van der Waals surface area (Å²) in [6.45, 7) is 3.57. The van der Waals surface area contributed by atoms with Gasteiger partial charge in [0.1, 0.15) is 0 Å². The van der Waals surface area contributed by atoms with E-state index in [1.807, 2.05) is 6.92 Å². The lowest BCUT2D eigenvalue weighted by molar-refractivity contribution is -0.117. The van der Waals surface area contributed by atoms with E-state index in [1.54, 1.807) is 30.1 Å². The number of amides is 1. The van der Waals surface area contributed by atoms with Crippen LogP contribution >= 0.6 is 0 Å². The highest BCUT2D eigenvalue weighted by Crippen LogP contribution is 2.30. The first-order valence-corrected chi connectivity index (χ1v) is 8.46. The van der Waals surface area contributed by atoms with Crippen molar-refractivity contribution in [2.24, 2.45) is 0 Å². The number of hydrogen-bond donors (Lipinski definition) is 1. The molecule has 2 aliphatic rings. The minimum atomic E-state index is -3.49. The number of nitrogens with one attached hydrogen (secondary N) is 1. The van der Waals surface area contributed by atoms with Crippen LogP contribution in [-0.4, -0.2) is 51.4 Å². The molecule has 3 rings (SSSR count). The maximum atomic E-state index is 12.7. The zero-order valence-electron chi connectivity index (χ0n) is 12.2. The van der Waals surface area contributed by atoms with Crippen LogP contribution in [0.4, 0.5) is 5.69 Å². The van der Waals surface area contributed by atoms with Crippen LogP contribution in [0.3, 0.4) is 0 Å². The fourth-order valence-corrected chi connectivity index (χ4v) is 4.45. The third kappa shape index (κ3) is 2.45. The summed E-state index contributed by atoms with van der Waals surface area (Å²) in [5.74, 6) is -0.00431. The molecule has 1 fully saturated rings. The average molecular weight is 309 g/mol. The molecule has 7 heteroatoms. The quantitative estimate of drug-likeness (QED) is 0.846. The van der Waals surface area contributed by atoms with E-state index in [9.17, 15) is 13.2 Å². The van der Waals surface area contributed by atoms with E-state index in [0.29, 0.717) is 19.6 Å². The minimum absolute atomic E-state index is 0.00431. The van der Waals surface area contributed by atoms with Crippen molar-refractivity contribution in [2.75, 3.05) is 31.6 Å². The zero-order valence-corrected chi connectivity index (χ0v) is 13.0. The Morgan fingerprint density at radius 1 is 1.33 bits per heavy atom. The van der Waals surface area contributed by atoms with Crippen molar-refractivity contribution in [1.82, 2.24) is 9.62 Å². The summed E-state index contributed by atoms with van der Waals surface area (Å²) in [6.07, 6.45) is 0.271. The Balaban J connectivity index is 1.94. The third-order valence-corrected chi connectivity index (χ3v) is 5.96. The van der Waals surface area contributed by atoms with Gasteiger partial charge in [0.15, 0.2) is 0 Å². The van der Waals surface area contributed by atoms with E-state index in [4.69, 9.17) is 0 Å². The van der Waals surface area contributed by atoms with Crippen LogP contribution in [0, 0.1) is 0 Å². The van der Waals surface area contributed by atoms with Gasteiger partial charge in [0.2, 0.25) is 15.9 Å². The Bertz CT molecular complexity index is 687. The molecule has 0 aromatic heterocycles. The minimum Gasteiger partial charge on any atom is -0.315 e. The Labute approximate surface area is 124 Å². The first kappa shape index (κ1) is 14.5. The van der Waals surface area contributed by atoms with Crippen molar-refractivity contribution < 1.29 is 13.2 Å². The maximum absolute atomic E-state index is 12.7. The van der Waals surface area contributed by atoms with E-state index in [1.165, 1.54) is 4.31 Å². The Kier molecular flexibility index (Phi) is 3.51. The number of nitrogens with zero attached hydrogens (tertiary/aromatic N) is 2. The molecule has 21 heavy (non-hydrogen) atoms. The van der Waals surface area contributed by atoms with Crippen LogP contribution in [0.15, 0.2) is 23.1 Å². The topological polar surface area (TPSA) is 69.7 Å². The van der Waals surface area contributed by atoms with Gasteiger partial charge >= 0.3 is 0 Å². The van der Waals surface area contributed by atoms with Gasteiger partial charge in [0.25, 0.3) is 0 Å². The standard InChI is InChI=1S/C14H19N3O3S/c1-10-9-17(6-5-15-10)21(19,20)12-3-4-13-11(7-12)8-14(18)16(13)2/h3-4,7,10,15H,5-6,8-9H2,1-2H3/t10-/m1/s1. The highest BCUT2D eigenvalue weighted by atomic mass is 32.2. The molecule has 2 heterocycles. The lowest BCUT2D eigenvalue weighted by Crippen LogP contribution is -2.51. The molecule has 1 saturated heterocycles. The smallest absolute Gasteiger partial charge is 0.243 e. The number of benzene rings is 1. The summed E-state index contributed by atoms with van der Waals surface area (Å²) in [6, 6.07) is 5.10. The fraction of sp³-hybridized carbons (Fsp3) is 0.500. The molecule has 1 amide bonds. The monoisotopic (exact) mass is 309 g/mol. The number of piperazine rings is 1. The van der Waals surface area contributed by atoms with E-state index >= 15 is 0 Å². The van der Waals surface area contributed by atoms with E-state index in [0.717, 1.165) is 11.3 Å². The van der Waals surface area contributed by atoms with Crippen LogP contribution in [-0.2, 0) is 21.2 Å². The van der Waals surface area contributed by atoms with E-state index in [2.05, 4.69) is 5.32 Å². The second kappa shape index (κ2) is 5.08. The molecule has 0 bridgehead atoms. The van der Waals surface area contributed by atoms with Gasteiger partial charge in [-0.15, -0.1) is 0 Å². The van der Waals surface area contributed by atoms with Gasteiger partial charge in [0.05, 0.1) is 11.3 Å². The van der Waals surface area contributed by atoms with Crippen LogP contribution in [0.2, 0.25) is 0 Å². The largest absolute Gasteiger partial charge is 0.315 e. The van der Waals surface area contributed by atoms with Gasteiger partial charge in [-0.05, 0) is 30.7 Å². The number of likely N-dealkylation sites (N-methyl/N-ethyl adjacent to an activating group) is 1. The van der Waals surface area contributed by atoms with Crippen LogP contribution < -0.4 is 10.2 Å². The van der Waals surface area contributed by atoms with Gasteiger partial charge in [-0.1, -0.05) is 0 Å². The van der Waals surface area contributed by atoms with Crippen LogP contribution in [0.5, 0.6) is 0 Å². The van der Waals surface area contributed by atoms with Gasteiger partial charge < -0.3 is 10.2 Å². The van der Waals surface area contributed by atoms with Crippen molar-refractivity contribution in [3.8, 4) is 0 Å². The fourth-order valence-electron chi connectivity index (χ4n) is 2.87. The summed E-state index contributed by atoms with van der Waals surface area (Å²) in [7, 11) is -1.78. The molecular formula is C14H19N3O3S. The predicted molar refractivity (Wildman–Crippen MR) is 79.8 cm³/mol. The summed E-state index contributed by atoms with van der Waals surface area (Å²) in [5, 5.41) is 3.23. The Morgan fingerprint density at radius 2 is 2.10 bits per heavy atom. The summed E-state index contributed by atoms with van der Waals surface area (Å²) >= 11 is 0. The highest BCUT2D eigenvalue weighted by molar-refractivity contribution is 7.89. The molecule has 2 aliphatic heterocycles. The number of hydrogen-bond acceptors (Lipinski definition) is 4. The molecule has 1 N–H and O–H groups in total.